The van der Waals surface area contributed by atoms with Crippen LogP contribution in [0.2, 0.25) is 0 Å². The van der Waals surface area contributed by atoms with Gasteiger partial charge in [-0.05, 0) is 38.8 Å². The zero-order chi connectivity index (χ0) is 13.1. The van der Waals surface area contributed by atoms with E-state index in [-0.39, 0.29) is 6.03 Å². The first kappa shape index (κ1) is 12.9. The predicted molar refractivity (Wildman–Crippen MR) is 76.5 cm³/mol. The Morgan fingerprint density at radius 2 is 2.21 bits per heavy atom. The van der Waals surface area contributed by atoms with Gasteiger partial charge >= 0.3 is 6.03 Å². The van der Waals surface area contributed by atoms with Gasteiger partial charge < -0.3 is 9.80 Å². The van der Waals surface area contributed by atoms with Gasteiger partial charge in [-0.1, -0.05) is 0 Å². The molecule has 1 atom stereocenters. The van der Waals surface area contributed by atoms with E-state index in [0.29, 0.717) is 11.2 Å². The van der Waals surface area contributed by atoms with Gasteiger partial charge in [-0.2, -0.15) is 0 Å². The number of carbonyl (C=O) groups is 1. The summed E-state index contributed by atoms with van der Waals surface area (Å²) < 4.78 is 0. The predicted octanol–water partition coefficient (Wildman–Crippen LogP) is 2.24. The number of nitrogens with zero attached hydrogens (tertiary/aromatic N) is 3. The summed E-state index contributed by atoms with van der Waals surface area (Å²) in [6, 6.07) is 0.384. The molecule has 104 valence electrons. The van der Waals surface area contributed by atoms with Crippen molar-refractivity contribution in [2.75, 3.05) is 31.5 Å². The highest BCUT2D eigenvalue weighted by molar-refractivity contribution is 7.13. The monoisotopic (exact) mass is 280 g/mol. The molecule has 1 aromatic heterocycles. The molecule has 6 heteroatoms. The maximum atomic E-state index is 12.3. The molecule has 2 aliphatic heterocycles. The van der Waals surface area contributed by atoms with Crippen molar-refractivity contribution >= 4 is 22.5 Å². The molecular formula is C13H20N4OS. The van der Waals surface area contributed by atoms with Crippen molar-refractivity contribution in [2.45, 2.75) is 31.7 Å². The molecule has 1 N–H and O–H groups in total. The Bertz CT molecular complexity index is 416. The molecule has 2 aliphatic rings. The fourth-order valence-corrected chi connectivity index (χ4v) is 3.52. The lowest BCUT2D eigenvalue weighted by atomic mass is 10.2. The number of anilines is 1. The van der Waals surface area contributed by atoms with Gasteiger partial charge in [-0.25, -0.2) is 9.78 Å². The zero-order valence-corrected chi connectivity index (χ0v) is 11.9. The number of nitrogens with one attached hydrogen (secondary N) is 1. The van der Waals surface area contributed by atoms with Crippen LogP contribution in [0.5, 0.6) is 0 Å². The average Bonchev–Trinajstić information content (AvgIpc) is 3.10. The van der Waals surface area contributed by atoms with Crippen LogP contribution in [0.25, 0.3) is 0 Å². The number of likely N-dealkylation sites (tertiary alicyclic amines) is 2. The average molecular weight is 280 g/mol. The topological polar surface area (TPSA) is 48.5 Å². The minimum atomic E-state index is 0.0108. The minimum Gasteiger partial charge on any atom is -0.320 e. The summed E-state index contributed by atoms with van der Waals surface area (Å²) in [5.41, 5.74) is 0. The molecule has 2 saturated heterocycles. The Morgan fingerprint density at radius 3 is 2.95 bits per heavy atom. The number of thiazole rings is 1. The van der Waals surface area contributed by atoms with Crippen LogP contribution in [-0.2, 0) is 0 Å². The van der Waals surface area contributed by atoms with Gasteiger partial charge in [0.05, 0.1) is 0 Å². The molecule has 2 fully saturated rings. The van der Waals surface area contributed by atoms with Gasteiger partial charge in [0.2, 0.25) is 0 Å². The van der Waals surface area contributed by atoms with E-state index >= 15 is 0 Å². The van der Waals surface area contributed by atoms with E-state index in [0.717, 1.165) is 25.9 Å². The summed E-state index contributed by atoms with van der Waals surface area (Å²) in [7, 11) is 0. The van der Waals surface area contributed by atoms with Crippen LogP contribution < -0.4 is 5.32 Å². The highest BCUT2D eigenvalue weighted by Gasteiger charge is 2.31. The maximum Gasteiger partial charge on any atom is 0.323 e. The van der Waals surface area contributed by atoms with Crippen molar-refractivity contribution in [3.8, 4) is 0 Å². The molecule has 3 rings (SSSR count). The second-order valence-corrected chi connectivity index (χ2v) is 6.16. The van der Waals surface area contributed by atoms with E-state index < -0.39 is 0 Å². The lowest BCUT2D eigenvalue weighted by molar-refractivity contribution is 0.186. The molecule has 0 bridgehead atoms. The van der Waals surface area contributed by atoms with Gasteiger partial charge in [-0.15, -0.1) is 11.3 Å². The van der Waals surface area contributed by atoms with Crippen molar-refractivity contribution in [1.82, 2.24) is 14.8 Å². The van der Waals surface area contributed by atoms with Crippen molar-refractivity contribution in [3.63, 3.8) is 0 Å². The smallest absolute Gasteiger partial charge is 0.320 e. The van der Waals surface area contributed by atoms with Crippen molar-refractivity contribution in [1.29, 1.82) is 0 Å². The number of amides is 2. The van der Waals surface area contributed by atoms with E-state index in [1.54, 1.807) is 6.20 Å². The van der Waals surface area contributed by atoms with Crippen LogP contribution in [0.3, 0.4) is 0 Å². The summed E-state index contributed by atoms with van der Waals surface area (Å²) in [5.74, 6) is 0. The first-order valence-electron chi connectivity index (χ1n) is 7.02. The molecule has 0 saturated carbocycles. The summed E-state index contributed by atoms with van der Waals surface area (Å²) in [6.45, 7) is 4.29. The highest BCUT2D eigenvalue weighted by atomic mass is 32.1. The molecular weight excluding hydrogens is 260 g/mol. The van der Waals surface area contributed by atoms with Gasteiger partial charge in [0.15, 0.2) is 5.13 Å². The molecule has 0 radical (unpaired) electrons. The van der Waals surface area contributed by atoms with Crippen LogP contribution in [0.1, 0.15) is 25.7 Å². The molecule has 1 aromatic rings. The summed E-state index contributed by atoms with van der Waals surface area (Å²) in [4.78, 5) is 20.8. The second kappa shape index (κ2) is 5.88. The Kier molecular flexibility index (Phi) is 3.98. The van der Waals surface area contributed by atoms with Gasteiger partial charge in [-0.3, -0.25) is 5.32 Å². The van der Waals surface area contributed by atoms with E-state index in [9.17, 15) is 4.79 Å². The third-order valence-corrected chi connectivity index (χ3v) is 4.64. The van der Waals surface area contributed by atoms with E-state index in [4.69, 9.17) is 0 Å². The standard InChI is InChI=1S/C13H20N4OS/c18-13(15-12-14-5-9-19-12)17-8-3-4-11(17)10-16-6-1-2-7-16/h5,9,11H,1-4,6-8,10H2,(H,14,15,18). The lowest BCUT2D eigenvalue weighted by Crippen LogP contribution is -2.44. The van der Waals surface area contributed by atoms with Gasteiger partial charge in [0.1, 0.15) is 0 Å². The molecule has 2 amide bonds. The fourth-order valence-electron chi connectivity index (χ4n) is 3.00. The largest absolute Gasteiger partial charge is 0.323 e. The first-order valence-corrected chi connectivity index (χ1v) is 7.90. The minimum absolute atomic E-state index is 0.0108. The number of hydrogen-bond donors (Lipinski definition) is 1. The van der Waals surface area contributed by atoms with Crippen LogP contribution in [0.15, 0.2) is 11.6 Å². The van der Waals surface area contributed by atoms with Crippen LogP contribution in [0, 0.1) is 0 Å². The Hall–Kier alpha value is -1.14. The maximum absolute atomic E-state index is 12.3. The molecule has 0 spiro atoms. The molecule has 19 heavy (non-hydrogen) atoms. The SMILES string of the molecule is O=C(Nc1nccs1)N1CCCC1CN1CCCC1. The lowest BCUT2D eigenvalue weighted by Gasteiger charge is -2.28. The van der Waals surface area contributed by atoms with E-state index in [2.05, 4.69) is 15.2 Å². The van der Waals surface area contributed by atoms with E-state index in [1.165, 1.54) is 37.3 Å². The Morgan fingerprint density at radius 1 is 1.37 bits per heavy atom. The fraction of sp³-hybridized carbons (Fsp3) is 0.692. The summed E-state index contributed by atoms with van der Waals surface area (Å²) >= 11 is 1.46. The first-order chi connectivity index (χ1) is 9.33. The third kappa shape index (κ3) is 3.06. The molecule has 3 heterocycles. The van der Waals surface area contributed by atoms with Crippen molar-refractivity contribution in [2.24, 2.45) is 0 Å². The number of rotatable bonds is 3. The number of aromatic nitrogens is 1. The normalized spacial score (nSPS) is 24.0. The summed E-state index contributed by atoms with van der Waals surface area (Å²) in [5, 5.41) is 5.46. The second-order valence-electron chi connectivity index (χ2n) is 5.26. The number of urea groups is 1. The number of carbonyl (C=O) groups excluding carboxylic acids is 1. The van der Waals surface area contributed by atoms with Crippen molar-refractivity contribution < 1.29 is 4.79 Å². The van der Waals surface area contributed by atoms with E-state index in [1.807, 2.05) is 10.3 Å². The Balaban J connectivity index is 1.57. The third-order valence-electron chi connectivity index (χ3n) is 3.95. The van der Waals surface area contributed by atoms with Crippen LogP contribution >= 0.6 is 11.3 Å². The molecule has 0 aliphatic carbocycles. The van der Waals surface area contributed by atoms with Crippen LogP contribution in [0.4, 0.5) is 9.93 Å². The van der Waals surface area contributed by atoms with Gasteiger partial charge in [0, 0.05) is 30.7 Å². The highest BCUT2D eigenvalue weighted by Crippen LogP contribution is 2.22. The zero-order valence-electron chi connectivity index (χ0n) is 11.0. The molecule has 5 nitrogen and oxygen atoms in total. The van der Waals surface area contributed by atoms with Gasteiger partial charge in [0.25, 0.3) is 0 Å². The van der Waals surface area contributed by atoms with Crippen molar-refractivity contribution in [3.05, 3.63) is 11.6 Å². The Labute approximate surface area is 117 Å². The quantitative estimate of drug-likeness (QED) is 0.923. The number of hydrogen-bond acceptors (Lipinski definition) is 4. The molecule has 0 aromatic carbocycles. The van der Waals surface area contributed by atoms with Crippen LogP contribution in [-0.4, -0.2) is 53.0 Å². The summed E-state index contributed by atoms with van der Waals surface area (Å²) in [6.07, 6.45) is 6.56. The molecule has 1 unspecified atom stereocenters.